The third kappa shape index (κ3) is 3.57. The average molecular weight is 350 g/mol. The third-order valence-electron chi connectivity index (χ3n) is 5.22. The summed E-state index contributed by atoms with van der Waals surface area (Å²) >= 11 is 0. The van der Waals surface area contributed by atoms with Crippen LogP contribution in [0.5, 0.6) is 0 Å². The van der Waals surface area contributed by atoms with Gasteiger partial charge in [0.15, 0.2) is 5.82 Å². The second kappa shape index (κ2) is 7.43. The van der Waals surface area contributed by atoms with E-state index in [-0.39, 0.29) is 6.04 Å². The maximum absolute atomic E-state index is 6.03. The van der Waals surface area contributed by atoms with Crippen LogP contribution in [-0.2, 0) is 6.54 Å². The fourth-order valence-corrected chi connectivity index (χ4v) is 3.63. The molecule has 0 bridgehead atoms. The van der Waals surface area contributed by atoms with Crippen LogP contribution in [0.4, 0.5) is 5.82 Å². The van der Waals surface area contributed by atoms with Crippen LogP contribution in [0.2, 0.25) is 0 Å². The molecule has 6 heteroatoms. The molecule has 3 heterocycles. The van der Waals surface area contributed by atoms with Crippen molar-refractivity contribution in [2.45, 2.75) is 38.4 Å². The van der Waals surface area contributed by atoms with Crippen molar-refractivity contribution < 1.29 is 0 Å². The first-order chi connectivity index (χ1) is 12.7. The SMILES string of the molecule is CC(Nc1ncnn2ccc(CN3CCC(N)CC3)c12)c1ccccc1. The van der Waals surface area contributed by atoms with Gasteiger partial charge < -0.3 is 11.1 Å². The molecule has 1 atom stereocenters. The Bertz CT molecular complexity index is 851. The van der Waals surface area contributed by atoms with Crippen molar-refractivity contribution in [1.29, 1.82) is 0 Å². The number of nitrogens with one attached hydrogen (secondary N) is 1. The van der Waals surface area contributed by atoms with Crippen molar-refractivity contribution in [2.24, 2.45) is 5.73 Å². The van der Waals surface area contributed by atoms with Gasteiger partial charge in [0.2, 0.25) is 0 Å². The topological polar surface area (TPSA) is 71.5 Å². The van der Waals surface area contributed by atoms with Crippen LogP contribution in [0.15, 0.2) is 48.9 Å². The predicted octanol–water partition coefficient (Wildman–Crippen LogP) is 2.83. The molecular weight excluding hydrogens is 324 g/mol. The van der Waals surface area contributed by atoms with E-state index >= 15 is 0 Å². The van der Waals surface area contributed by atoms with Crippen LogP contribution in [-0.4, -0.2) is 38.6 Å². The summed E-state index contributed by atoms with van der Waals surface area (Å²) < 4.78 is 1.91. The molecule has 1 unspecified atom stereocenters. The lowest BCUT2D eigenvalue weighted by atomic mass is 10.1. The third-order valence-corrected chi connectivity index (χ3v) is 5.22. The molecule has 0 radical (unpaired) electrons. The number of piperidine rings is 1. The van der Waals surface area contributed by atoms with Crippen LogP contribution in [0.3, 0.4) is 0 Å². The molecule has 6 nitrogen and oxygen atoms in total. The number of benzene rings is 1. The van der Waals surface area contributed by atoms with Gasteiger partial charge in [-0.2, -0.15) is 5.10 Å². The van der Waals surface area contributed by atoms with Crippen molar-refractivity contribution in [3.63, 3.8) is 0 Å². The summed E-state index contributed by atoms with van der Waals surface area (Å²) in [5.41, 5.74) is 9.59. The van der Waals surface area contributed by atoms with Gasteiger partial charge >= 0.3 is 0 Å². The fourth-order valence-electron chi connectivity index (χ4n) is 3.63. The van der Waals surface area contributed by atoms with Crippen molar-refractivity contribution >= 4 is 11.3 Å². The van der Waals surface area contributed by atoms with E-state index in [9.17, 15) is 0 Å². The van der Waals surface area contributed by atoms with Gasteiger partial charge in [0.05, 0.1) is 6.04 Å². The number of aromatic nitrogens is 3. The molecular formula is C20H26N6. The van der Waals surface area contributed by atoms with Gasteiger partial charge in [-0.1, -0.05) is 30.3 Å². The second-order valence-electron chi connectivity index (χ2n) is 7.13. The number of fused-ring (bicyclic) bond motifs is 1. The van der Waals surface area contributed by atoms with E-state index in [0.717, 1.165) is 43.8 Å². The molecule has 0 spiro atoms. The zero-order valence-electron chi connectivity index (χ0n) is 15.2. The average Bonchev–Trinajstić information content (AvgIpc) is 3.08. The Morgan fingerprint density at radius 3 is 2.73 bits per heavy atom. The van der Waals surface area contributed by atoms with E-state index in [1.165, 1.54) is 11.1 Å². The summed E-state index contributed by atoms with van der Waals surface area (Å²) in [4.78, 5) is 7.00. The van der Waals surface area contributed by atoms with E-state index < -0.39 is 0 Å². The maximum atomic E-state index is 6.03. The van der Waals surface area contributed by atoms with Gasteiger partial charge in [-0.15, -0.1) is 0 Å². The van der Waals surface area contributed by atoms with Gasteiger partial charge in [-0.25, -0.2) is 9.50 Å². The van der Waals surface area contributed by atoms with E-state index in [1.54, 1.807) is 6.33 Å². The van der Waals surface area contributed by atoms with Gasteiger partial charge in [0.1, 0.15) is 11.8 Å². The Balaban J connectivity index is 1.58. The van der Waals surface area contributed by atoms with Crippen LogP contribution in [0, 0.1) is 0 Å². The molecule has 4 rings (SSSR count). The van der Waals surface area contributed by atoms with Crippen molar-refractivity contribution in [3.05, 3.63) is 60.0 Å². The Labute approximate surface area is 154 Å². The molecule has 3 aromatic rings. The van der Waals surface area contributed by atoms with Gasteiger partial charge in [-0.05, 0) is 50.0 Å². The van der Waals surface area contributed by atoms with E-state index in [4.69, 9.17) is 5.73 Å². The minimum absolute atomic E-state index is 0.172. The van der Waals surface area contributed by atoms with Crippen LogP contribution >= 0.6 is 0 Å². The largest absolute Gasteiger partial charge is 0.362 e. The predicted molar refractivity (Wildman–Crippen MR) is 104 cm³/mol. The Morgan fingerprint density at radius 1 is 1.19 bits per heavy atom. The summed E-state index contributed by atoms with van der Waals surface area (Å²) in [5, 5.41) is 7.94. The molecule has 0 aliphatic carbocycles. The number of hydrogen-bond donors (Lipinski definition) is 2. The first-order valence-corrected chi connectivity index (χ1v) is 9.31. The van der Waals surface area contributed by atoms with E-state index in [2.05, 4.69) is 57.6 Å². The zero-order chi connectivity index (χ0) is 17.9. The quantitative estimate of drug-likeness (QED) is 0.740. The molecule has 0 saturated carbocycles. The lowest BCUT2D eigenvalue weighted by Crippen LogP contribution is -2.39. The number of hydrogen-bond acceptors (Lipinski definition) is 5. The summed E-state index contributed by atoms with van der Waals surface area (Å²) in [5.74, 6) is 0.880. The van der Waals surface area contributed by atoms with Gasteiger partial charge in [0.25, 0.3) is 0 Å². The lowest BCUT2D eigenvalue weighted by Gasteiger charge is -2.29. The van der Waals surface area contributed by atoms with E-state index in [1.807, 2.05) is 16.8 Å². The van der Waals surface area contributed by atoms with Crippen molar-refractivity contribution in [3.8, 4) is 0 Å². The smallest absolute Gasteiger partial charge is 0.154 e. The number of nitrogens with zero attached hydrogens (tertiary/aromatic N) is 4. The van der Waals surface area contributed by atoms with Gasteiger partial charge in [0, 0.05) is 18.8 Å². The minimum atomic E-state index is 0.172. The number of anilines is 1. The molecule has 1 saturated heterocycles. The van der Waals surface area contributed by atoms with Crippen molar-refractivity contribution in [2.75, 3.05) is 18.4 Å². The molecule has 1 aliphatic heterocycles. The highest BCUT2D eigenvalue weighted by Crippen LogP contribution is 2.25. The van der Waals surface area contributed by atoms with Crippen LogP contribution < -0.4 is 11.1 Å². The minimum Gasteiger partial charge on any atom is -0.362 e. The molecule has 26 heavy (non-hydrogen) atoms. The first kappa shape index (κ1) is 17.0. The number of likely N-dealkylation sites (tertiary alicyclic amines) is 1. The number of rotatable bonds is 5. The van der Waals surface area contributed by atoms with Crippen LogP contribution in [0.25, 0.3) is 5.52 Å². The summed E-state index contributed by atoms with van der Waals surface area (Å²) in [6.07, 6.45) is 5.76. The summed E-state index contributed by atoms with van der Waals surface area (Å²) in [6, 6.07) is 13.1. The highest BCUT2D eigenvalue weighted by atomic mass is 15.3. The summed E-state index contributed by atoms with van der Waals surface area (Å²) in [7, 11) is 0. The fraction of sp³-hybridized carbons (Fsp3) is 0.400. The van der Waals surface area contributed by atoms with Gasteiger partial charge in [-0.3, -0.25) is 4.90 Å². The Hall–Kier alpha value is -2.44. The number of nitrogens with two attached hydrogens (primary N) is 1. The van der Waals surface area contributed by atoms with E-state index in [0.29, 0.717) is 6.04 Å². The monoisotopic (exact) mass is 350 g/mol. The Kier molecular flexibility index (Phi) is 4.86. The zero-order valence-corrected chi connectivity index (χ0v) is 15.2. The summed E-state index contributed by atoms with van der Waals surface area (Å²) in [6.45, 7) is 5.17. The Morgan fingerprint density at radius 2 is 1.96 bits per heavy atom. The lowest BCUT2D eigenvalue weighted by molar-refractivity contribution is 0.206. The molecule has 136 valence electrons. The highest BCUT2D eigenvalue weighted by Gasteiger charge is 2.19. The second-order valence-corrected chi connectivity index (χ2v) is 7.13. The molecule has 3 N–H and O–H groups in total. The van der Waals surface area contributed by atoms with Crippen molar-refractivity contribution in [1.82, 2.24) is 19.5 Å². The maximum Gasteiger partial charge on any atom is 0.154 e. The molecule has 1 fully saturated rings. The van der Waals surface area contributed by atoms with Crippen LogP contribution in [0.1, 0.15) is 36.9 Å². The molecule has 1 aromatic carbocycles. The highest BCUT2D eigenvalue weighted by molar-refractivity contribution is 5.72. The molecule has 2 aromatic heterocycles. The standard InChI is InChI=1S/C20H26N6/c1-15(16-5-3-2-4-6-16)24-20-19-17(7-12-26(19)23-14-22-20)13-25-10-8-18(21)9-11-25/h2-7,12,14-15,18H,8-11,13,21H2,1H3,(H,22,23,24). The molecule has 1 aliphatic rings. The normalized spacial score (nSPS) is 17.5. The molecule has 0 amide bonds. The first-order valence-electron chi connectivity index (χ1n) is 9.31.